The molecule has 5 heteroatoms. The van der Waals surface area contributed by atoms with Crippen molar-refractivity contribution in [2.75, 3.05) is 5.32 Å². The number of aromatic nitrogens is 1. The van der Waals surface area contributed by atoms with Crippen molar-refractivity contribution in [3.63, 3.8) is 0 Å². The fourth-order valence-corrected chi connectivity index (χ4v) is 5.04. The lowest BCUT2D eigenvalue weighted by molar-refractivity contribution is 0.112. The molecule has 2 aliphatic rings. The van der Waals surface area contributed by atoms with E-state index in [9.17, 15) is 9.18 Å². The standard InChI is InChI=1S/C28H32ClFN2O/c1-17(28(2,3)4)22-15-31-26-11-10-18(19-13-24(29)23(16-33)25(30)14-19)12-21(26)27(22)32-20-8-6-5-7-9-20/h11-16,18,20,32H,1,5-10H2,2-4H3. The second kappa shape index (κ2) is 9.42. The van der Waals surface area contributed by atoms with Crippen LogP contribution in [0.1, 0.15) is 86.7 Å². The minimum Gasteiger partial charge on any atom is -0.381 e. The molecule has 2 aliphatic carbocycles. The number of benzene rings is 1. The number of aldehydes is 1. The van der Waals surface area contributed by atoms with Gasteiger partial charge in [-0.2, -0.15) is 0 Å². The van der Waals surface area contributed by atoms with Crippen molar-refractivity contribution in [1.82, 2.24) is 4.98 Å². The van der Waals surface area contributed by atoms with Crippen LogP contribution in [0, 0.1) is 11.2 Å². The largest absolute Gasteiger partial charge is 0.381 e. The third-order valence-electron chi connectivity index (χ3n) is 6.91. The molecular formula is C28H32ClFN2O. The van der Waals surface area contributed by atoms with E-state index in [2.05, 4.69) is 44.8 Å². The summed E-state index contributed by atoms with van der Waals surface area (Å²) in [5.41, 5.74) is 3.72. The summed E-state index contributed by atoms with van der Waals surface area (Å²) in [6.45, 7) is 10.9. The first-order chi connectivity index (χ1) is 15.7. The van der Waals surface area contributed by atoms with Crippen LogP contribution < -0.4 is 15.9 Å². The van der Waals surface area contributed by atoms with Gasteiger partial charge in [0.15, 0.2) is 6.29 Å². The van der Waals surface area contributed by atoms with Crippen molar-refractivity contribution in [1.29, 1.82) is 0 Å². The van der Waals surface area contributed by atoms with Crippen LogP contribution in [0.25, 0.3) is 17.7 Å². The summed E-state index contributed by atoms with van der Waals surface area (Å²) in [6.07, 6.45) is 13.4. The number of rotatable bonds is 5. The van der Waals surface area contributed by atoms with Gasteiger partial charge in [-0.1, -0.05) is 70.4 Å². The minimum absolute atomic E-state index is 0.0583. The van der Waals surface area contributed by atoms with Gasteiger partial charge >= 0.3 is 0 Å². The highest BCUT2D eigenvalue weighted by atomic mass is 35.5. The molecule has 174 valence electrons. The lowest BCUT2D eigenvalue weighted by Gasteiger charge is -2.29. The number of hydrogen-bond acceptors (Lipinski definition) is 3. The highest BCUT2D eigenvalue weighted by Crippen LogP contribution is 2.36. The molecule has 0 amide bonds. The lowest BCUT2D eigenvalue weighted by Crippen LogP contribution is -2.38. The Bertz CT molecular complexity index is 1180. The third kappa shape index (κ3) is 4.91. The lowest BCUT2D eigenvalue weighted by atomic mass is 9.82. The van der Waals surface area contributed by atoms with Crippen molar-refractivity contribution < 1.29 is 9.18 Å². The normalized spacial score (nSPS) is 18.6. The zero-order valence-corrected chi connectivity index (χ0v) is 20.4. The molecule has 0 bridgehead atoms. The second-order valence-electron chi connectivity index (χ2n) is 10.3. The molecule has 1 atom stereocenters. The molecule has 1 saturated carbocycles. The van der Waals surface area contributed by atoms with E-state index in [1.165, 1.54) is 25.3 Å². The summed E-state index contributed by atoms with van der Waals surface area (Å²) < 4.78 is 14.5. The smallest absolute Gasteiger partial charge is 0.154 e. The molecule has 1 N–H and O–H groups in total. The number of fused-ring (bicyclic) bond motifs is 1. The van der Waals surface area contributed by atoms with E-state index in [-0.39, 0.29) is 21.9 Å². The second-order valence-corrected chi connectivity index (χ2v) is 10.7. The number of allylic oxidation sites excluding steroid dienone is 1. The Kier molecular flexibility index (Phi) is 6.76. The highest BCUT2D eigenvalue weighted by Gasteiger charge is 2.24. The summed E-state index contributed by atoms with van der Waals surface area (Å²) >= 11 is 6.20. The maximum Gasteiger partial charge on any atom is 0.154 e. The molecule has 0 radical (unpaired) electrons. The average Bonchev–Trinajstić information content (AvgIpc) is 2.78. The number of pyridine rings is 1. The number of nitrogens with zero attached hydrogens (tertiary/aromatic N) is 1. The summed E-state index contributed by atoms with van der Waals surface area (Å²) in [4.78, 5) is 15.9. The number of anilines is 1. The number of carbonyl (C=O) groups is 1. The van der Waals surface area contributed by atoms with Gasteiger partial charge < -0.3 is 5.32 Å². The molecule has 3 nitrogen and oxygen atoms in total. The molecule has 1 aromatic heterocycles. The van der Waals surface area contributed by atoms with Gasteiger partial charge in [-0.3, -0.25) is 9.78 Å². The Balaban J connectivity index is 1.85. The average molecular weight is 467 g/mol. The summed E-state index contributed by atoms with van der Waals surface area (Å²) in [7, 11) is 0. The predicted molar refractivity (Wildman–Crippen MR) is 136 cm³/mol. The molecule has 4 rings (SSSR count). The number of hydrogen-bond donors (Lipinski definition) is 1. The molecule has 33 heavy (non-hydrogen) atoms. The van der Waals surface area contributed by atoms with E-state index in [4.69, 9.17) is 16.6 Å². The monoisotopic (exact) mass is 466 g/mol. The van der Waals surface area contributed by atoms with Gasteiger partial charge in [0, 0.05) is 28.9 Å². The molecule has 2 aromatic rings. The molecule has 0 spiro atoms. The number of nitrogens with one attached hydrogen (secondary N) is 1. The Morgan fingerprint density at radius 2 is 1.97 bits per heavy atom. The van der Waals surface area contributed by atoms with Crippen LogP contribution in [0.5, 0.6) is 0 Å². The van der Waals surface area contributed by atoms with Crippen molar-refractivity contribution in [3.8, 4) is 0 Å². The Hall–Kier alpha value is -2.46. The van der Waals surface area contributed by atoms with E-state index in [0.29, 0.717) is 18.7 Å². The van der Waals surface area contributed by atoms with Crippen LogP contribution in [0.4, 0.5) is 10.1 Å². The zero-order valence-electron chi connectivity index (χ0n) is 19.7. The van der Waals surface area contributed by atoms with E-state index in [1.54, 1.807) is 6.07 Å². The Morgan fingerprint density at radius 1 is 1.24 bits per heavy atom. The Morgan fingerprint density at radius 3 is 2.61 bits per heavy atom. The molecule has 1 aromatic carbocycles. The Labute approximate surface area is 200 Å². The molecule has 1 heterocycles. The molecule has 0 aliphatic heterocycles. The molecular weight excluding hydrogens is 435 g/mol. The van der Waals surface area contributed by atoms with Crippen LogP contribution in [0.2, 0.25) is 5.02 Å². The maximum absolute atomic E-state index is 14.5. The van der Waals surface area contributed by atoms with Crippen molar-refractivity contribution in [2.24, 2.45) is 5.41 Å². The van der Waals surface area contributed by atoms with Crippen LogP contribution in [0.15, 0.2) is 24.9 Å². The van der Waals surface area contributed by atoms with Crippen LogP contribution in [-0.2, 0) is 0 Å². The first-order valence-corrected chi connectivity index (χ1v) is 12.2. The third-order valence-corrected chi connectivity index (χ3v) is 7.22. The van der Waals surface area contributed by atoms with Crippen LogP contribution >= 0.6 is 11.6 Å². The van der Waals surface area contributed by atoms with Crippen molar-refractivity contribution >= 4 is 41.3 Å². The highest BCUT2D eigenvalue weighted by molar-refractivity contribution is 6.33. The fraction of sp³-hybridized carbons (Fsp3) is 0.429. The number of carbonyl (C=O) groups excluding carboxylic acids is 1. The van der Waals surface area contributed by atoms with Crippen LogP contribution in [0.3, 0.4) is 0 Å². The topological polar surface area (TPSA) is 42.0 Å². The van der Waals surface area contributed by atoms with Gasteiger partial charge in [-0.25, -0.2) is 4.39 Å². The van der Waals surface area contributed by atoms with E-state index >= 15 is 0 Å². The summed E-state index contributed by atoms with van der Waals surface area (Å²) in [6, 6.07) is 3.55. The molecule has 1 fully saturated rings. The van der Waals surface area contributed by atoms with Crippen LogP contribution in [-0.4, -0.2) is 17.3 Å². The zero-order chi connectivity index (χ0) is 23.8. The molecule has 0 saturated heterocycles. The fourth-order valence-electron chi connectivity index (χ4n) is 4.78. The van der Waals surface area contributed by atoms with Crippen molar-refractivity contribution in [3.05, 3.63) is 63.0 Å². The number of halogens is 2. The van der Waals surface area contributed by atoms with Gasteiger partial charge in [0.05, 0.1) is 21.6 Å². The molecule has 1 unspecified atom stereocenters. The quantitative estimate of drug-likeness (QED) is 0.530. The van der Waals surface area contributed by atoms with Gasteiger partial charge in [-0.05, 0) is 47.9 Å². The SMILES string of the molecule is C=C(c1cnc2c(c1NC1CCCCC1)=CC(c1cc(F)c(C=O)c(Cl)c1)CC=2)C(C)(C)C. The van der Waals surface area contributed by atoms with Crippen molar-refractivity contribution in [2.45, 2.75) is 71.3 Å². The first-order valence-electron chi connectivity index (χ1n) is 11.8. The van der Waals surface area contributed by atoms with E-state index in [0.717, 1.165) is 45.8 Å². The maximum atomic E-state index is 14.5. The van der Waals surface area contributed by atoms with Gasteiger partial charge in [-0.15, -0.1) is 0 Å². The minimum atomic E-state index is -0.583. The first kappa shape index (κ1) is 23.7. The summed E-state index contributed by atoms with van der Waals surface area (Å²) in [5, 5.41) is 5.97. The van der Waals surface area contributed by atoms with E-state index in [1.807, 2.05) is 6.20 Å². The predicted octanol–water partition coefficient (Wildman–Crippen LogP) is 6.24. The van der Waals surface area contributed by atoms with Gasteiger partial charge in [0.2, 0.25) is 0 Å². The van der Waals surface area contributed by atoms with Gasteiger partial charge in [0.1, 0.15) is 5.82 Å². The van der Waals surface area contributed by atoms with E-state index < -0.39 is 5.82 Å². The van der Waals surface area contributed by atoms with Gasteiger partial charge in [0.25, 0.3) is 0 Å². The summed E-state index contributed by atoms with van der Waals surface area (Å²) in [5.74, 6) is -0.641.